The monoisotopic (exact) mass is 167 g/mol. The SMILES string of the molecule is CC/C=C1\CC(C)C[C@H](N=O)C1. The van der Waals surface area contributed by atoms with Crippen LogP contribution in [0.15, 0.2) is 16.8 Å². The number of nitroso groups, excluding NO2 is 1. The van der Waals surface area contributed by atoms with E-state index in [0.717, 1.165) is 19.3 Å². The lowest BCUT2D eigenvalue weighted by Crippen LogP contribution is -2.17. The molecule has 1 saturated carbocycles. The van der Waals surface area contributed by atoms with Crippen LogP contribution in [0.3, 0.4) is 0 Å². The third-order valence-electron chi connectivity index (χ3n) is 2.42. The van der Waals surface area contributed by atoms with E-state index in [-0.39, 0.29) is 6.04 Å². The molecule has 0 spiro atoms. The molecule has 12 heavy (non-hydrogen) atoms. The third kappa shape index (κ3) is 2.43. The minimum absolute atomic E-state index is 0.0477. The highest BCUT2D eigenvalue weighted by atomic mass is 16.3. The molecular weight excluding hydrogens is 150 g/mol. The Balaban J connectivity index is 2.56. The van der Waals surface area contributed by atoms with Crippen molar-refractivity contribution in [1.82, 2.24) is 0 Å². The van der Waals surface area contributed by atoms with E-state index in [1.54, 1.807) is 0 Å². The van der Waals surface area contributed by atoms with Gasteiger partial charge in [-0.2, -0.15) is 4.91 Å². The molecule has 0 heterocycles. The fraction of sp³-hybridized carbons (Fsp3) is 0.800. The van der Waals surface area contributed by atoms with Crippen molar-refractivity contribution in [2.45, 2.75) is 45.6 Å². The van der Waals surface area contributed by atoms with E-state index in [0.29, 0.717) is 5.92 Å². The maximum absolute atomic E-state index is 10.4. The van der Waals surface area contributed by atoms with Gasteiger partial charge in [0.05, 0.1) is 6.04 Å². The molecule has 2 atom stereocenters. The first-order chi connectivity index (χ1) is 5.76. The number of hydrogen-bond donors (Lipinski definition) is 0. The first-order valence-electron chi connectivity index (χ1n) is 4.76. The molecule has 0 aromatic carbocycles. The van der Waals surface area contributed by atoms with Crippen LogP contribution in [0, 0.1) is 10.8 Å². The molecule has 0 N–H and O–H groups in total. The molecule has 2 heteroatoms. The second-order valence-corrected chi connectivity index (χ2v) is 3.78. The van der Waals surface area contributed by atoms with E-state index in [4.69, 9.17) is 0 Å². The van der Waals surface area contributed by atoms with Gasteiger partial charge in [0.2, 0.25) is 0 Å². The zero-order valence-corrected chi connectivity index (χ0v) is 7.92. The summed E-state index contributed by atoms with van der Waals surface area (Å²) in [5.41, 5.74) is 1.43. The Morgan fingerprint density at radius 2 is 2.33 bits per heavy atom. The number of rotatable bonds is 2. The lowest BCUT2D eigenvalue weighted by Gasteiger charge is -2.24. The predicted octanol–water partition coefficient (Wildman–Crippen LogP) is 3.28. The first kappa shape index (κ1) is 9.43. The highest BCUT2D eigenvalue weighted by molar-refractivity contribution is 5.08. The summed E-state index contributed by atoms with van der Waals surface area (Å²) in [5.74, 6) is 0.638. The molecule has 0 aliphatic heterocycles. The van der Waals surface area contributed by atoms with Crippen LogP contribution < -0.4 is 0 Å². The van der Waals surface area contributed by atoms with Crippen LogP contribution in [-0.4, -0.2) is 6.04 Å². The van der Waals surface area contributed by atoms with E-state index in [1.165, 1.54) is 12.0 Å². The van der Waals surface area contributed by atoms with Crippen molar-refractivity contribution in [3.05, 3.63) is 16.6 Å². The molecular formula is C10H17NO. The molecule has 1 fully saturated rings. The summed E-state index contributed by atoms with van der Waals surface area (Å²) in [4.78, 5) is 10.4. The Morgan fingerprint density at radius 1 is 1.58 bits per heavy atom. The molecule has 0 aromatic rings. The van der Waals surface area contributed by atoms with Crippen molar-refractivity contribution in [2.75, 3.05) is 0 Å². The summed E-state index contributed by atoms with van der Waals surface area (Å²) >= 11 is 0. The molecule has 68 valence electrons. The van der Waals surface area contributed by atoms with Gasteiger partial charge in [-0.1, -0.05) is 30.7 Å². The Kier molecular flexibility index (Phi) is 3.45. The summed E-state index contributed by atoms with van der Waals surface area (Å²) in [5, 5.41) is 3.14. The van der Waals surface area contributed by atoms with Crippen LogP contribution in [0.1, 0.15) is 39.5 Å². The van der Waals surface area contributed by atoms with Crippen LogP contribution in [0.2, 0.25) is 0 Å². The van der Waals surface area contributed by atoms with Gasteiger partial charge in [0, 0.05) is 0 Å². The molecule has 0 amide bonds. The highest BCUT2D eigenvalue weighted by Gasteiger charge is 2.22. The smallest absolute Gasteiger partial charge is 0.0959 e. The average molecular weight is 167 g/mol. The summed E-state index contributed by atoms with van der Waals surface area (Å²) < 4.78 is 0. The zero-order valence-electron chi connectivity index (χ0n) is 7.92. The molecule has 0 saturated heterocycles. The summed E-state index contributed by atoms with van der Waals surface area (Å²) in [7, 11) is 0. The normalized spacial score (nSPS) is 33.7. The topological polar surface area (TPSA) is 29.4 Å². The van der Waals surface area contributed by atoms with Gasteiger partial charge in [0.1, 0.15) is 0 Å². The van der Waals surface area contributed by atoms with Gasteiger partial charge in [-0.3, -0.25) is 0 Å². The van der Waals surface area contributed by atoms with Gasteiger partial charge < -0.3 is 0 Å². The zero-order chi connectivity index (χ0) is 8.97. The lowest BCUT2D eigenvalue weighted by molar-refractivity contribution is 0.404. The quantitative estimate of drug-likeness (QED) is 0.458. The minimum Gasteiger partial charge on any atom is -0.151 e. The highest BCUT2D eigenvalue weighted by Crippen LogP contribution is 2.30. The second-order valence-electron chi connectivity index (χ2n) is 3.78. The van der Waals surface area contributed by atoms with Crippen molar-refractivity contribution in [1.29, 1.82) is 0 Å². The van der Waals surface area contributed by atoms with Gasteiger partial charge in [-0.25, -0.2) is 0 Å². The van der Waals surface area contributed by atoms with E-state index in [1.807, 2.05) is 0 Å². The second kappa shape index (κ2) is 4.39. The molecule has 1 unspecified atom stereocenters. The number of nitrogens with zero attached hydrogens (tertiary/aromatic N) is 1. The Hall–Kier alpha value is -0.660. The maximum Gasteiger partial charge on any atom is 0.0959 e. The van der Waals surface area contributed by atoms with Crippen molar-refractivity contribution in [2.24, 2.45) is 11.1 Å². The van der Waals surface area contributed by atoms with E-state index in [9.17, 15) is 4.91 Å². The standard InChI is InChI=1S/C10H17NO/c1-3-4-9-5-8(2)6-10(7-9)11-12/h4,8,10H,3,5-7H2,1-2H3/b9-4+/t8?,10-/m0/s1. The molecule has 1 aliphatic carbocycles. The Bertz CT molecular complexity index is 186. The average Bonchev–Trinajstić information content (AvgIpc) is 2.04. The van der Waals surface area contributed by atoms with Gasteiger partial charge in [0.25, 0.3) is 0 Å². The largest absolute Gasteiger partial charge is 0.151 e. The number of hydrogen-bond acceptors (Lipinski definition) is 2. The molecule has 1 aliphatic rings. The molecule has 1 rings (SSSR count). The molecule has 0 radical (unpaired) electrons. The van der Waals surface area contributed by atoms with Gasteiger partial charge >= 0.3 is 0 Å². The van der Waals surface area contributed by atoms with Crippen molar-refractivity contribution >= 4 is 0 Å². The summed E-state index contributed by atoms with van der Waals surface area (Å²) in [6.07, 6.45) is 6.37. The van der Waals surface area contributed by atoms with Gasteiger partial charge in [-0.15, -0.1) is 0 Å². The molecule has 2 nitrogen and oxygen atoms in total. The van der Waals surface area contributed by atoms with Crippen molar-refractivity contribution < 1.29 is 0 Å². The lowest BCUT2D eigenvalue weighted by atomic mass is 9.83. The van der Waals surface area contributed by atoms with Crippen LogP contribution in [0.25, 0.3) is 0 Å². The van der Waals surface area contributed by atoms with Crippen molar-refractivity contribution in [3.63, 3.8) is 0 Å². The van der Waals surface area contributed by atoms with Crippen LogP contribution in [0.5, 0.6) is 0 Å². The van der Waals surface area contributed by atoms with Crippen LogP contribution in [0.4, 0.5) is 0 Å². The van der Waals surface area contributed by atoms with Gasteiger partial charge in [-0.05, 0) is 31.6 Å². The molecule has 0 aromatic heterocycles. The minimum atomic E-state index is 0.0477. The maximum atomic E-state index is 10.4. The van der Waals surface area contributed by atoms with Crippen molar-refractivity contribution in [3.8, 4) is 0 Å². The molecule has 0 bridgehead atoms. The van der Waals surface area contributed by atoms with E-state index in [2.05, 4.69) is 25.1 Å². The predicted molar refractivity (Wildman–Crippen MR) is 51.0 cm³/mol. The van der Waals surface area contributed by atoms with Crippen LogP contribution in [-0.2, 0) is 0 Å². The van der Waals surface area contributed by atoms with E-state index < -0.39 is 0 Å². The third-order valence-corrected chi connectivity index (χ3v) is 2.42. The van der Waals surface area contributed by atoms with Gasteiger partial charge in [0.15, 0.2) is 0 Å². The van der Waals surface area contributed by atoms with E-state index >= 15 is 0 Å². The fourth-order valence-electron chi connectivity index (χ4n) is 2.00. The Labute approximate surface area is 74.0 Å². The summed E-state index contributed by atoms with van der Waals surface area (Å²) in [6, 6.07) is 0.0477. The Morgan fingerprint density at radius 3 is 2.92 bits per heavy atom. The van der Waals surface area contributed by atoms with Crippen LogP contribution >= 0.6 is 0 Å². The summed E-state index contributed by atoms with van der Waals surface area (Å²) in [6.45, 7) is 4.33. The first-order valence-corrected chi connectivity index (χ1v) is 4.76. The number of allylic oxidation sites excluding steroid dienone is 1. The fourth-order valence-corrected chi connectivity index (χ4v) is 2.00.